The van der Waals surface area contributed by atoms with E-state index in [1.807, 2.05) is 48.7 Å². The molecule has 0 spiro atoms. The van der Waals surface area contributed by atoms with Crippen molar-refractivity contribution in [2.45, 2.75) is 24.3 Å². The third-order valence-corrected chi connectivity index (χ3v) is 6.09. The summed E-state index contributed by atoms with van der Waals surface area (Å²) in [5.41, 5.74) is 2.82. The second-order valence-corrected chi connectivity index (χ2v) is 8.53. The smallest absolute Gasteiger partial charge is 0.220 e. The molecule has 1 atom stereocenters. The zero-order chi connectivity index (χ0) is 21.7. The second-order valence-electron chi connectivity index (χ2n) is 6.51. The molecule has 0 radical (unpaired) electrons. The maximum atomic E-state index is 11.4. The number of aryl methyl sites for hydroxylation is 2. The first-order chi connectivity index (χ1) is 14.4. The van der Waals surface area contributed by atoms with Crippen molar-refractivity contribution in [3.63, 3.8) is 0 Å². The van der Waals surface area contributed by atoms with E-state index in [0.29, 0.717) is 21.2 Å². The Bertz CT molecular complexity index is 1090. The monoisotopic (exact) mass is 486 g/mol. The van der Waals surface area contributed by atoms with Gasteiger partial charge in [0.25, 0.3) is 0 Å². The third kappa shape index (κ3) is 5.20. The van der Waals surface area contributed by atoms with Crippen LogP contribution in [-0.4, -0.2) is 32.8 Å². The first-order valence-corrected chi connectivity index (χ1v) is 10.7. The number of benzene rings is 2. The summed E-state index contributed by atoms with van der Waals surface area (Å²) < 4.78 is 8.04. The molecule has 0 amide bonds. The van der Waals surface area contributed by atoms with Crippen molar-refractivity contribution in [2.24, 2.45) is 0 Å². The number of hydrogen-bond acceptors (Lipinski definition) is 6. The van der Waals surface area contributed by atoms with Gasteiger partial charge in [-0.25, -0.2) is 0 Å². The van der Waals surface area contributed by atoms with Gasteiger partial charge in [0, 0.05) is 10.6 Å². The highest BCUT2D eigenvalue weighted by atomic mass is 79.9. The molecule has 0 bridgehead atoms. The predicted octanol–water partition coefficient (Wildman–Crippen LogP) is 4.77. The number of halogens is 1. The Balaban J connectivity index is 1.93. The Hall–Kier alpha value is -2.83. The lowest BCUT2D eigenvalue weighted by Gasteiger charge is -2.15. The molecule has 3 rings (SSSR count). The van der Waals surface area contributed by atoms with Gasteiger partial charge in [-0.1, -0.05) is 41.4 Å². The van der Waals surface area contributed by atoms with Crippen molar-refractivity contribution >= 4 is 27.7 Å². The lowest BCUT2D eigenvalue weighted by Crippen LogP contribution is -2.11. The number of thioether (sulfide) groups is 1. The molecule has 0 saturated carbocycles. The van der Waals surface area contributed by atoms with Crippen LogP contribution in [0.2, 0.25) is 0 Å². The molecule has 0 aliphatic carbocycles. The predicted molar refractivity (Wildman–Crippen MR) is 120 cm³/mol. The number of nitrogens with zero attached hydrogens (tertiary/aromatic N) is 4. The summed E-state index contributed by atoms with van der Waals surface area (Å²) in [6.07, 6.45) is 5.23. The van der Waals surface area contributed by atoms with Crippen LogP contribution in [0.25, 0.3) is 5.69 Å². The van der Waals surface area contributed by atoms with Gasteiger partial charge in [0.15, 0.2) is 5.16 Å². The normalized spacial score (nSPS) is 11.7. The molecular formula is C21H19BrN4O3S. The lowest BCUT2D eigenvalue weighted by atomic mass is 10.1. The lowest BCUT2D eigenvalue weighted by molar-refractivity contribution is -0.479. The Labute approximate surface area is 187 Å². The van der Waals surface area contributed by atoms with Crippen LogP contribution in [0.1, 0.15) is 22.2 Å². The summed E-state index contributed by atoms with van der Waals surface area (Å²) in [6.45, 7) is 3.75. The number of rotatable bonds is 8. The van der Waals surface area contributed by atoms with Crippen LogP contribution in [0.4, 0.5) is 0 Å². The summed E-state index contributed by atoms with van der Waals surface area (Å²) in [6, 6.07) is 13.3. The van der Waals surface area contributed by atoms with E-state index in [1.54, 1.807) is 12.1 Å². The van der Waals surface area contributed by atoms with Crippen molar-refractivity contribution in [3.05, 3.63) is 74.0 Å². The quantitative estimate of drug-likeness (QED) is 0.197. The highest BCUT2D eigenvalue weighted by molar-refractivity contribution is 9.10. The first-order valence-electron chi connectivity index (χ1n) is 9.02. The molecule has 1 heterocycles. The van der Waals surface area contributed by atoms with Crippen LogP contribution < -0.4 is 4.74 Å². The van der Waals surface area contributed by atoms with E-state index >= 15 is 0 Å². The van der Waals surface area contributed by atoms with Crippen molar-refractivity contribution in [1.82, 2.24) is 14.8 Å². The molecule has 0 aliphatic rings. The van der Waals surface area contributed by atoms with Gasteiger partial charge in [-0.05, 0) is 59.6 Å². The molecule has 0 saturated heterocycles. The molecule has 154 valence electrons. The number of terminal acetylenes is 1. The highest BCUT2D eigenvalue weighted by Crippen LogP contribution is 2.38. The fraction of sp³-hybridized carbons (Fsp3) is 0.238. The standard InChI is InChI=1S/C21H19BrN4O3S/c1-4-11-29-19-10-7-16(12-18(19)22)20(13-25(27)28)30-21-24-23-15(3)26(21)17-8-5-14(2)6-9-17/h1,5-10,12,20H,11,13H2,2-3H3/t20-/m1/s1. The summed E-state index contributed by atoms with van der Waals surface area (Å²) in [5, 5.41) is 19.9. The zero-order valence-electron chi connectivity index (χ0n) is 16.4. The molecule has 0 fully saturated rings. The van der Waals surface area contributed by atoms with Gasteiger partial charge in [0.1, 0.15) is 23.4 Å². The largest absolute Gasteiger partial charge is 0.480 e. The average molecular weight is 487 g/mol. The summed E-state index contributed by atoms with van der Waals surface area (Å²) in [7, 11) is 0. The molecule has 2 aromatic carbocycles. The van der Waals surface area contributed by atoms with E-state index in [2.05, 4.69) is 32.0 Å². The Morgan fingerprint density at radius 1 is 1.27 bits per heavy atom. The Kier molecular flexibility index (Phi) is 7.13. The van der Waals surface area contributed by atoms with Gasteiger partial charge >= 0.3 is 0 Å². The van der Waals surface area contributed by atoms with E-state index in [9.17, 15) is 10.1 Å². The van der Waals surface area contributed by atoms with Gasteiger partial charge in [0.2, 0.25) is 6.54 Å². The zero-order valence-corrected chi connectivity index (χ0v) is 18.8. The molecule has 0 aliphatic heterocycles. The fourth-order valence-electron chi connectivity index (χ4n) is 2.84. The maximum absolute atomic E-state index is 11.4. The minimum atomic E-state index is -0.467. The number of hydrogen-bond donors (Lipinski definition) is 0. The molecule has 1 aromatic heterocycles. The van der Waals surface area contributed by atoms with Gasteiger partial charge in [-0.3, -0.25) is 14.7 Å². The van der Waals surface area contributed by atoms with Crippen molar-refractivity contribution < 1.29 is 9.66 Å². The fourth-order valence-corrected chi connectivity index (χ4v) is 4.51. The van der Waals surface area contributed by atoms with Crippen LogP contribution in [-0.2, 0) is 0 Å². The molecule has 0 unspecified atom stereocenters. The minimum absolute atomic E-state index is 0.143. The van der Waals surface area contributed by atoms with E-state index in [1.165, 1.54) is 11.8 Å². The van der Waals surface area contributed by atoms with E-state index in [0.717, 1.165) is 16.8 Å². The molecule has 3 aromatic rings. The van der Waals surface area contributed by atoms with Gasteiger partial charge < -0.3 is 4.74 Å². The summed E-state index contributed by atoms with van der Waals surface area (Å²) in [5.74, 6) is 3.70. The summed E-state index contributed by atoms with van der Waals surface area (Å²) >= 11 is 4.76. The Morgan fingerprint density at radius 3 is 2.63 bits per heavy atom. The van der Waals surface area contributed by atoms with Crippen LogP contribution in [0.5, 0.6) is 5.75 Å². The molecule has 9 heteroatoms. The number of ether oxygens (including phenoxy) is 1. The van der Waals surface area contributed by atoms with E-state index in [-0.39, 0.29) is 18.1 Å². The average Bonchev–Trinajstić information content (AvgIpc) is 3.07. The Morgan fingerprint density at radius 2 is 2.00 bits per heavy atom. The van der Waals surface area contributed by atoms with Crippen molar-refractivity contribution in [3.8, 4) is 23.8 Å². The van der Waals surface area contributed by atoms with Crippen molar-refractivity contribution in [1.29, 1.82) is 0 Å². The van der Waals surface area contributed by atoms with E-state index < -0.39 is 5.25 Å². The van der Waals surface area contributed by atoms with Crippen molar-refractivity contribution in [2.75, 3.05) is 13.2 Å². The number of aromatic nitrogens is 3. The van der Waals surface area contributed by atoms with Crippen LogP contribution in [0, 0.1) is 36.3 Å². The maximum Gasteiger partial charge on any atom is 0.220 e. The molecule has 0 N–H and O–H groups in total. The topological polar surface area (TPSA) is 83.1 Å². The second kappa shape index (κ2) is 9.78. The number of nitro groups is 1. The molecular weight excluding hydrogens is 468 g/mol. The molecule has 7 nitrogen and oxygen atoms in total. The van der Waals surface area contributed by atoms with E-state index in [4.69, 9.17) is 11.2 Å². The van der Waals surface area contributed by atoms with Crippen LogP contribution in [0.15, 0.2) is 52.1 Å². The van der Waals surface area contributed by atoms with Crippen LogP contribution >= 0.6 is 27.7 Å². The SMILES string of the molecule is C#CCOc1ccc([C@@H](C[N+](=O)[O-])Sc2nnc(C)n2-c2ccc(C)cc2)cc1Br. The first kappa shape index (κ1) is 21.9. The summed E-state index contributed by atoms with van der Waals surface area (Å²) in [4.78, 5) is 11.0. The van der Waals surface area contributed by atoms with Gasteiger partial charge in [0.05, 0.1) is 4.47 Å². The third-order valence-electron chi connectivity index (χ3n) is 4.29. The molecule has 30 heavy (non-hydrogen) atoms. The van der Waals surface area contributed by atoms with Gasteiger partial charge in [-0.2, -0.15) is 0 Å². The van der Waals surface area contributed by atoms with Crippen LogP contribution in [0.3, 0.4) is 0 Å². The minimum Gasteiger partial charge on any atom is -0.480 e. The highest BCUT2D eigenvalue weighted by Gasteiger charge is 2.24. The van der Waals surface area contributed by atoms with Gasteiger partial charge in [-0.15, -0.1) is 16.6 Å².